The molecule has 0 amide bonds. The second-order valence-corrected chi connectivity index (χ2v) is 8.07. The summed E-state index contributed by atoms with van der Waals surface area (Å²) in [6.45, 7) is 11.8. The Hall–Kier alpha value is -0.620. The summed E-state index contributed by atoms with van der Waals surface area (Å²) >= 11 is 6.46. The summed E-state index contributed by atoms with van der Waals surface area (Å²) in [7, 11) is 1.94. The summed E-state index contributed by atoms with van der Waals surface area (Å²) in [4.78, 5) is 7.98. The van der Waals surface area contributed by atoms with Crippen molar-refractivity contribution in [2.75, 3.05) is 45.8 Å². The van der Waals surface area contributed by atoms with Gasteiger partial charge in [0.2, 0.25) is 0 Å². The summed E-state index contributed by atoms with van der Waals surface area (Å²) in [5.41, 5.74) is 2.39. The Balaban J connectivity index is 1.35. The van der Waals surface area contributed by atoms with Crippen LogP contribution in [-0.4, -0.2) is 76.3 Å². The van der Waals surface area contributed by atoms with Gasteiger partial charge in [-0.3, -0.25) is 14.5 Å². The highest BCUT2D eigenvalue weighted by Crippen LogP contribution is 2.31. The maximum absolute atomic E-state index is 6.46. The van der Waals surface area contributed by atoms with Gasteiger partial charge in [-0.2, -0.15) is 5.10 Å². The first-order valence-corrected chi connectivity index (χ1v) is 9.92. The number of fused-ring (bicyclic) bond motifs is 3. The van der Waals surface area contributed by atoms with Gasteiger partial charge < -0.3 is 4.90 Å². The Morgan fingerprint density at radius 2 is 1.79 bits per heavy atom. The Kier molecular flexibility index (Phi) is 4.87. The molecule has 0 aromatic carbocycles. The fourth-order valence-corrected chi connectivity index (χ4v) is 5.07. The highest BCUT2D eigenvalue weighted by molar-refractivity contribution is 6.30. The summed E-state index contributed by atoms with van der Waals surface area (Å²) in [6.07, 6.45) is 3.78. The molecule has 0 unspecified atom stereocenters. The number of hydrogen-bond donors (Lipinski definition) is 0. The van der Waals surface area contributed by atoms with Crippen LogP contribution < -0.4 is 0 Å². The Morgan fingerprint density at radius 1 is 1.08 bits per heavy atom. The molecule has 4 aliphatic rings. The molecule has 5 rings (SSSR count). The number of rotatable bonds is 4. The first-order valence-electron chi connectivity index (χ1n) is 9.54. The fourth-order valence-electron chi connectivity index (χ4n) is 4.86. The minimum atomic E-state index is 0.808. The lowest BCUT2D eigenvalue weighted by molar-refractivity contribution is -0.0162. The van der Waals surface area contributed by atoms with Gasteiger partial charge in [0, 0.05) is 57.9 Å². The molecule has 5 heterocycles. The zero-order chi connectivity index (χ0) is 16.7. The van der Waals surface area contributed by atoms with Gasteiger partial charge in [0.1, 0.15) is 5.15 Å². The third kappa shape index (κ3) is 3.12. The van der Waals surface area contributed by atoms with Crippen molar-refractivity contribution in [3.63, 3.8) is 0 Å². The lowest BCUT2D eigenvalue weighted by Gasteiger charge is -2.51. The largest absolute Gasteiger partial charge is 0.302 e. The SMILES string of the molecule is CCc1nn(C)c(Cl)c1CN1CCN([C@@H]2CN3CCC2CC3)CC1. The van der Waals surface area contributed by atoms with E-state index in [1.54, 1.807) is 0 Å². The third-order valence-electron chi connectivity index (χ3n) is 6.37. The van der Waals surface area contributed by atoms with Crippen LogP contribution in [0, 0.1) is 5.92 Å². The third-order valence-corrected chi connectivity index (χ3v) is 6.84. The molecule has 0 aliphatic carbocycles. The molecule has 0 N–H and O–H groups in total. The monoisotopic (exact) mass is 351 g/mol. The van der Waals surface area contributed by atoms with Crippen molar-refractivity contribution in [1.29, 1.82) is 0 Å². The van der Waals surface area contributed by atoms with Gasteiger partial charge in [-0.1, -0.05) is 18.5 Å². The molecule has 2 bridgehead atoms. The first-order chi connectivity index (χ1) is 11.7. The van der Waals surface area contributed by atoms with E-state index in [0.717, 1.165) is 48.9 Å². The molecule has 1 atom stereocenters. The predicted molar refractivity (Wildman–Crippen MR) is 97.4 cm³/mol. The van der Waals surface area contributed by atoms with Crippen molar-refractivity contribution in [3.05, 3.63) is 16.4 Å². The van der Waals surface area contributed by atoms with Gasteiger partial charge in [0.05, 0.1) is 5.69 Å². The quantitative estimate of drug-likeness (QED) is 0.827. The fraction of sp³-hybridized carbons (Fsp3) is 0.833. The van der Waals surface area contributed by atoms with E-state index in [1.807, 2.05) is 11.7 Å². The van der Waals surface area contributed by atoms with Crippen LogP contribution in [0.2, 0.25) is 5.15 Å². The van der Waals surface area contributed by atoms with E-state index in [0.29, 0.717) is 0 Å². The van der Waals surface area contributed by atoms with Crippen molar-refractivity contribution in [3.8, 4) is 0 Å². The second kappa shape index (κ2) is 6.94. The molecule has 0 saturated carbocycles. The molecule has 4 aliphatic heterocycles. The van der Waals surface area contributed by atoms with Gasteiger partial charge in [-0.25, -0.2) is 0 Å². The molecule has 5 nitrogen and oxygen atoms in total. The molecule has 0 spiro atoms. The van der Waals surface area contributed by atoms with Crippen LogP contribution in [0.5, 0.6) is 0 Å². The number of halogens is 1. The van der Waals surface area contributed by atoms with Crippen LogP contribution >= 0.6 is 11.6 Å². The minimum Gasteiger partial charge on any atom is -0.302 e. The van der Waals surface area contributed by atoms with Crippen LogP contribution in [0.15, 0.2) is 0 Å². The summed E-state index contributed by atoms with van der Waals surface area (Å²) in [5.74, 6) is 0.945. The number of piperidine rings is 3. The summed E-state index contributed by atoms with van der Waals surface area (Å²) < 4.78 is 1.82. The first kappa shape index (κ1) is 16.8. The number of hydrogen-bond acceptors (Lipinski definition) is 4. The predicted octanol–water partition coefficient (Wildman–Crippen LogP) is 1.85. The average Bonchev–Trinajstić information content (AvgIpc) is 2.91. The summed E-state index contributed by atoms with van der Waals surface area (Å²) in [6, 6.07) is 0.808. The highest BCUT2D eigenvalue weighted by atomic mass is 35.5. The molecule has 24 heavy (non-hydrogen) atoms. The molecule has 1 aromatic rings. The van der Waals surface area contributed by atoms with E-state index in [4.69, 9.17) is 11.6 Å². The molecule has 134 valence electrons. The van der Waals surface area contributed by atoms with Gasteiger partial charge in [0.25, 0.3) is 0 Å². The number of aryl methyl sites for hydroxylation is 2. The van der Waals surface area contributed by atoms with Crippen LogP contribution in [0.4, 0.5) is 0 Å². The maximum atomic E-state index is 6.46. The number of nitrogens with zero attached hydrogens (tertiary/aromatic N) is 5. The van der Waals surface area contributed by atoms with E-state index in [2.05, 4.69) is 26.7 Å². The maximum Gasteiger partial charge on any atom is 0.131 e. The van der Waals surface area contributed by atoms with Crippen LogP contribution in [-0.2, 0) is 20.0 Å². The second-order valence-electron chi connectivity index (χ2n) is 7.71. The topological polar surface area (TPSA) is 27.5 Å². The highest BCUT2D eigenvalue weighted by Gasteiger charge is 2.38. The van der Waals surface area contributed by atoms with Crippen LogP contribution in [0.1, 0.15) is 31.0 Å². The van der Waals surface area contributed by atoms with E-state index < -0.39 is 0 Å². The number of aromatic nitrogens is 2. The van der Waals surface area contributed by atoms with Crippen molar-refractivity contribution >= 4 is 11.6 Å². The average molecular weight is 352 g/mol. The van der Waals surface area contributed by atoms with Gasteiger partial charge in [-0.05, 0) is 38.3 Å². The molecule has 4 fully saturated rings. The van der Waals surface area contributed by atoms with Crippen molar-refractivity contribution in [1.82, 2.24) is 24.5 Å². The Labute approximate surface area is 150 Å². The van der Waals surface area contributed by atoms with Crippen molar-refractivity contribution in [2.24, 2.45) is 13.0 Å². The van der Waals surface area contributed by atoms with Crippen molar-refractivity contribution < 1.29 is 0 Å². The normalized spacial score (nSPS) is 31.7. The summed E-state index contributed by atoms with van der Waals surface area (Å²) in [5, 5.41) is 5.36. The van der Waals surface area contributed by atoms with E-state index >= 15 is 0 Å². The standard InChI is InChI=1S/C18H30ClN5/c1-3-16-15(18(19)21(2)20-16)12-23-8-10-24(11-9-23)17-13-22-6-4-14(17)5-7-22/h14,17H,3-13H2,1-2H3/t17-/m1/s1. The molecular weight excluding hydrogens is 322 g/mol. The lowest BCUT2D eigenvalue weighted by Crippen LogP contribution is -2.60. The Morgan fingerprint density at radius 3 is 2.38 bits per heavy atom. The molecule has 4 saturated heterocycles. The Bertz CT molecular complexity index is 570. The van der Waals surface area contributed by atoms with Crippen LogP contribution in [0.25, 0.3) is 0 Å². The lowest BCUT2D eigenvalue weighted by atomic mass is 9.83. The molecule has 1 aromatic heterocycles. The van der Waals surface area contributed by atoms with Crippen molar-refractivity contribution in [2.45, 2.75) is 38.8 Å². The molecular formula is C18H30ClN5. The smallest absolute Gasteiger partial charge is 0.131 e. The van der Waals surface area contributed by atoms with Crippen LogP contribution in [0.3, 0.4) is 0 Å². The van der Waals surface area contributed by atoms with Gasteiger partial charge >= 0.3 is 0 Å². The zero-order valence-electron chi connectivity index (χ0n) is 15.0. The zero-order valence-corrected chi connectivity index (χ0v) is 15.8. The molecule has 6 heteroatoms. The van der Waals surface area contributed by atoms with Gasteiger partial charge in [-0.15, -0.1) is 0 Å². The number of piperazine rings is 1. The molecule has 0 radical (unpaired) electrons. The minimum absolute atomic E-state index is 0.808. The van der Waals surface area contributed by atoms with E-state index in [1.165, 1.54) is 51.1 Å². The van der Waals surface area contributed by atoms with E-state index in [9.17, 15) is 0 Å². The van der Waals surface area contributed by atoms with E-state index in [-0.39, 0.29) is 0 Å². The van der Waals surface area contributed by atoms with Gasteiger partial charge in [0.15, 0.2) is 0 Å².